The van der Waals surface area contributed by atoms with Gasteiger partial charge in [-0.25, -0.2) is 0 Å². The van der Waals surface area contributed by atoms with E-state index in [1.807, 2.05) is 0 Å². The van der Waals surface area contributed by atoms with E-state index in [0.717, 1.165) is 117 Å². The van der Waals surface area contributed by atoms with Crippen molar-refractivity contribution in [3.8, 4) is 0 Å². The number of unbranched alkanes of at least 4 members (excludes halogenated alkanes) is 11. The summed E-state index contributed by atoms with van der Waals surface area (Å²) in [5, 5.41) is 13.8. The van der Waals surface area contributed by atoms with Crippen LogP contribution in [0.15, 0.2) is 0 Å². The molecule has 0 aromatic carbocycles. The number of rotatable bonds is 31. The van der Waals surface area contributed by atoms with E-state index in [4.69, 9.17) is 18.9 Å². The third-order valence-corrected chi connectivity index (χ3v) is 11.2. The Morgan fingerprint density at radius 2 is 0.500 bits per heavy atom. The van der Waals surface area contributed by atoms with Gasteiger partial charge in [-0.1, -0.05) is 38.5 Å². The van der Waals surface area contributed by atoms with E-state index in [2.05, 4.69) is 40.9 Å². The Hall–Kier alpha value is -0.480. The number of hydrogen-bond donors (Lipinski definition) is 4. The lowest BCUT2D eigenvalue weighted by Crippen LogP contribution is -2.44. The molecule has 306 valence electrons. The Morgan fingerprint density at radius 3 is 0.750 bits per heavy atom. The average Bonchev–Trinajstić information content (AvgIpc) is 3.19. The molecule has 0 aromatic rings. The van der Waals surface area contributed by atoms with Crippen LogP contribution >= 0.6 is 0 Å². The van der Waals surface area contributed by atoms with Gasteiger partial charge < -0.3 is 59.8 Å². The fourth-order valence-electron chi connectivity index (χ4n) is 7.77. The van der Waals surface area contributed by atoms with E-state index in [1.54, 1.807) is 0 Å². The molecular formula is C40H82N8O4. The fourth-order valence-corrected chi connectivity index (χ4v) is 7.77. The van der Waals surface area contributed by atoms with Crippen LogP contribution in [0.5, 0.6) is 0 Å². The number of piperazine rings is 4. The first-order valence-electron chi connectivity index (χ1n) is 22.1. The first kappa shape index (κ1) is 44.2. The maximum absolute atomic E-state index is 6.52. The van der Waals surface area contributed by atoms with E-state index >= 15 is 0 Å². The molecule has 4 N–H and O–H groups in total. The number of nitrogens with one attached hydrogen (secondary N) is 4. The molecular weight excluding hydrogens is 656 g/mol. The lowest BCUT2D eigenvalue weighted by atomic mass is 10.2. The van der Waals surface area contributed by atoms with Gasteiger partial charge in [0.05, 0.1) is 26.4 Å². The van der Waals surface area contributed by atoms with Crippen LogP contribution in [-0.2, 0) is 18.9 Å². The first-order chi connectivity index (χ1) is 25.8. The predicted molar refractivity (Wildman–Crippen MR) is 213 cm³/mol. The highest BCUT2D eigenvalue weighted by Crippen LogP contribution is 2.22. The van der Waals surface area contributed by atoms with Gasteiger partial charge >= 0.3 is 6.16 Å². The summed E-state index contributed by atoms with van der Waals surface area (Å²) in [6.45, 7) is 25.6. The van der Waals surface area contributed by atoms with E-state index in [0.29, 0.717) is 26.4 Å². The minimum atomic E-state index is -1.39. The zero-order valence-corrected chi connectivity index (χ0v) is 33.5. The zero-order valence-electron chi connectivity index (χ0n) is 33.5. The summed E-state index contributed by atoms with van der Waals surface area (Å²) in [6.07, 6.45) is 15.9. The Morgan fingerprint density at radius 1 is 0.288 bits per heavy atom. The monoisotopic (exact) mass is 739 g/mol. The largest absolute Gasteiger partial charge is 0.412 e. The molecule has 0 atom stereocenters. The Kier molecular flexibility index (Phi) is 25.3. The molecule has 4 heterocycles. The Labute approximate surface area is 319 Å². The van der Waals surface area contributed by atoms with Crippen LogP contribution in [-0.4, -0.2) is 183 Å². The van der Waals surface area contributed by atoms with Crippen LogP contribution < -0.4 is 21.3 Å². The van der Waals surface area contributed by atoms with Crippen LogP contribution in [0.2, 0.25) is 0 Å². The van der Waals surface area contributed by atoms with Crippen molar-refractivity contribution in [3.63, 3.8) is 0 Å². The van der Waals surface area contributed by atoms with Gasteiger partial charge in [0.15, 0.2) is 0 Å². The van der Waals surface area contributed by atoms with Crippen LogP contribution in [0.3, 0.4) is 0 Å². The maximum atomic E-state index is 6.52. The molecule has 4 aliphatic heterocycles. The third-order valence-electron chi connectivity index (χ3n) is 11.2. The molecule has 52 heavy (non-hydrogen) atoms. The third kappa shape index (κ3) is 21.0. The van der Waals surface area contributed by atoms with Gasteiger partial charge in [-0.05, 0) is 84.0 Å². The molecule has 4 rings (SSSR count). The first-order valence-corrected chi connectivity index (χ1v) is 22.1. The average molecular weight is 739 g/mol. The summed E-state index contributed by atoms with van der Waals surface area (Å²) < 4.78 is 26.1. The number of ether oxygens (including phenoxy) is 4. The smallest absolute Gasteiger partial charge is 0.314 e. The zero-order chi connectivity index (χ0) is 36.0. The summed E-state index contributed by atoms with van der Waals surface area (Å²) in [6, 6.07) is 0. The Balaban J connectivity index is 1.19. The molecule has 0 radical (unpaired) electrons. The van der Waals surface area contributed by atoms with Gasteiger partial charge in [-0.2, -0.15) is 0 Å². The molecule has 12 nitrogen and oxygen atoms in total. The molecule has 0 unspecified atom stereocenters. The van der Waals surface area contributed by atoms with E-state index in [9.17, 15) is 0 Å². The van der Waals surface area contributed by atoms with Crippen molar-refractivity contribution in [2.24, 2.45) is 0 Å². The normalized spacial score (nSPS) is 20.5. The molecule has 4 saturated heterocycles. The minimum Gasteiger partial charge on any atom is -0.314 e. The summed E-state index contributed by atoms with van der Waals surface area (Å²) >= 11 is 0. The van der Waals surface area contributed by atoms with Crippen LogP contribution in [0.1, 0.15) is 96.3 Å². The van der Waals surface area contributed by atoms with Crippen molar-refractivity contribution in [1.82, 2.24) is 40.9 Å². The van der Waals surface area contributed by atoms with Crippen molar-refractivity contribution in [2.45, 2.75) is 102 Å². The standard InChI is InChI=1S/C40H82N8O4/c1(8-24-45-28-16-41-17-29-45)4-12-36-49-40(52-39-15-7-11-27-48-34-22-44-23-35-48,50-37-13-5-2-9-25-46-30-18-42-19-31-46)51-38-14-6-3-10-26-47-32-20-43-21-33-47/h41-44H,1-39H2. The van der Waals surface area contributed by atoms with Gasteiger partial charge in [0.25, 0.3) is 0 Å². The molecule has 0 spiro atoms. The molecule has 0 saturated carbocycles. The highest BCUT2D eigenvalue weighted by molar-refractivity contribution is 4.70. The highest BCUT2D eigenvalue weighted by Gasteiger charge is 2.35. The number of nitrogens with zero attached hydrogens (tertiary/aromatic N) is 4. The van der Waals surface area contributed by atoms with Crippen LogP contribution in [0.4, 0.5) is 0 Å². The fraction of sp³-hybridized carbons (Fsp3) is 1.00. The van der Waals surface area contributed by atoms with Crippen LogP contribution in [0, 0.1) is 0 Å². The highest BCUT2D eigenvalue weighted by atomic mass is 17.0. The van der Waals surface area contributed by atoms with Crippen molar-refractivity contribution in [1.29, 1.82) is 0 Å². The molecule has 0 aliphatic carbocycles. The molecule has 0 aromatic heterocycles. The minimum absolute atomic E-state index is 0.599. The van der Waals surface area contributed by atoms with Crippen molar-refractivity contribution < 1.29 is 18.9 Å². The summed E-state index contributed by atoms with van der Waals surface area (Å²) in [7, 11) is 0. The second kappa shape index (κ2) is 29.8. The molecule has 0 amide bonds. The molecule has 12 heteroatoms. The number of hydrogen-bond acceptors (Lipinski definition) is 12. The van der Waals surface area contributed by atoms with Gasteiger partial charge in [-0.3, -0.25) is 0 Å². The Bertz CT molecular complexity index is 730. The van der Waals surface area contributed by atoms with Crippen molar-refractivity contribution >= 4 is 0 Å². The summed E-state index contributed by atoms with van der Waals surface area (Å²) in [5.74, 6) is 0. The van der Waals surface area contributed by atoms with Crippen LogP contribution in [0.25, 0.3) is 0 Å². The summed E-state index contributed by atoms with van der Waals surface area (Å²) in [5.41, 5.74) is 0. The van der Waals surface area contributed by atoms with Crippen molar-refractivity contribution in [2.75, 3.05) is 157 Å². The van der Waals surface area contributed by atoms with E-state index < -0.39 is 6.16 Å². The summed E-state index contributed by atoms with van der Waals surface area (Å²) in [4.78, 5) is 10.4. The van der Waals surface area contributed by atoms with Gasteiger partial charge in [0.1, 0.15) is 0 Å². The van der Waals surface area contributed by atoms with Gasteiger partial charge in [-0.15, -0.1) is 0 Å². The maximum Gasteiger partial charge on any atom is 0.412 e. The van der Waals surface area contributed by atoms with E-state index in [1.165, 1.54) is 110 Å². The molecule has 4 fully saturated rings. The van der Waals surface area contributed by atoms with Crippen molar-refractivity contribution in [3.05, 3.63) is 0 Å². The second-order valence-electron chi connectivity index (χ2n) is 15.6. The second-order valence-corrected chi connectivity index (χ2v) is 15.6. The predicted octanol–water partition coefficient (Wildman–Crippen LogP) is 3.14. The van der Waals surface area contributed by atoms with Gasteiger partial charge in [0.2, 0.25) is 0 Å². The SMILES string of the molecule is C(CCCN1CCNCC1)CCOC(OCCCCCCN1CCNCC1)(OCCCCCCN1CCNCC1)OCCCCCN1CCNCC1. The quantitative estimate of drug-likeness (QED) is 0.0622. The van der Waals surface area contributed by atoms with E-state index in [-0.39, 0.29) is 0 Å². The molecule has 0 bridgehead atoms. The topological polar surface area (TPSA) is 98.0 Å². The molecule has 4 aliphatic rings. The lowest BCUT2D eigenvalue weighted by molar-refractivity contribution is -0.499. The lowest BCUT2D eigenvalue weighted by Gasteiger charge is -2.32. The van der Waals surface area contributed by atoms with Gasteiger partial charge in [0, 0.05) is 105 Å².